The summed E-state index contributed by atoms with van der Waals surface area (Å²) in [6, 6.07) is 6.93. The lowest BCUT2D eigenvalue weighted by molar-refractivity contribution is 0.466. The number of halogens is 1. The molecule has 3 rings (SSSR count). The van der Waals surface area contributed by atoms with Gasteiger partial charge >= 0.3 is 0 Å². The van der Waals surface area contributed by atoms with Crippen molar-refractivity contribution in [2.24, 2.45) is 5.92 Å². The summed E-state index contributed by atoms with van der Waals surface area (Å²) in [6.07, 6.45) is 1.60. The lowest BCUT2D eigenvalue weighted by atomic mass is 9.97. The number of fused-ring (bicyclic) bond motifs is 1. The molecule has 0 bridgehead atoms. The summed E-state index contributed by atoms with van der Waals surface area (Å²) in [5.41, 5.74) is 7.48. The maximum absolute atomic E-state index is 4.38. The summed E-state index contributed by atoms with van der Waals surface area (Å²) >= 11 is 3.53. The second-order valence-corrected chi connectivity index (χ2v) is 6.12. The van der Waals surface area contributed by atoms with Gasteiger partial charge in [0.25, 0.3) is 0 Å². The molecule has 1 aliphatic heterocycles. The first kappa shape index (κ1) is 13.7. The Morgan fingerprint density at radius 3 is 2.70 bits per heavy atom. The lowest BCUT2D eigenvalue weighted by Crippen LogP contribution is -2.30. The summed E-state index contributed by atoms with van der Waals surface area (Å²) in [7, 11) is 0. The first-order valence-electron chi connectivity index (χ1n) is 6.81. The first-order valence-corrected chi connectivity index (χ1v) is 7.60. The molecular weight excluding hydrogens is 318 g/mol. The minimum Gasteiger partial charge on any atom is -0.369 e. The number of para-hydroxylation sites is 1. The quantitative estimate of drug-likeness (QED) is 0.803. The molecule has 2 atom stereocenters. The number of hydrogen-bond donors (Lipinski definition) is 3. The summed E-state index contributed by atoms with van der Waals surface area (Å²) in [5, 5.41) is 4.51. The van der Waals surface area contributed by atoms with Gasteiger partial charge < -0.3 is 5.32 Å². The van der Waals surface area contributed by atoms with Gasteiger partial charge in [-0.1, -0.05) is 6.07 Å². The van der Waals surface area contributed by atoms with Crippen molar-refractivity contribution in [1.82, 2.24) is 20.8 Å². The number of nitrogens with one attached hydrogen (secondary N) is 3. The maximum Gasteiger partial charge on any atom is 0.137 e. The van der Waals surface area contributed by atoms with Crippen LogP contribution >= 0.6 is 15.9 Å². The van der Waals surface area contributed by atoms with Crippen molar-refractivity contribution in [2.75, 3.05) is 11.9 Å². The largest absolute Gasteiger partial charge is 0.369 e. The van der Waals surface area contributed by atoms with Crippen molar-refractivity contribution in [3.63, 3.8) is 0 Å². The van der Waals surface area contributed by atoms with Crippen molar-refractivity contribution >= 4 is 32.7 Å². The number of hydrogen-bond acceptors (Lipinski definition) is 5. The number of nitrogens with zero attached hydrogens (tertiary/aromatic N) is 2. The van der Waals surface area contributed by atoms with E-state index in [1.54, 1.807) is 6.33 Å². The van der Waals surface area contributed by atoms with E-state index in [4.69, 9.17) is 0 Å². The zero-order valence-corrected chi connectivity index (χ0v) is 13.1. The standard InChI is InChI=1S/C14H18BrN5/c1-8-11(9(2)20-19-8)6-16-14-10-4-3-5-12(15)13(10)17-7-18-14/h3-5,7-9,11,19-20H,6H2,1-2H3,(H,16,17,18). The zero-order valence-electron chi connectivity index (χ0n) is 11.5. The first-order chi connectivity index (χ1) is 9.66. The van der Waals surface area contributed by atoms with E-state index in [9.17, 15) is 0 Å². The molecule has 1 fully saturated rings. The highest BCUT2D eigenvalue weighted by molar-refractivity contribution is 9.10. The average Bonchev–Trinajstić information content (AvgIpc) is 2.76. The normalized spacial score (nSPS) is 26.1. The zero-order chi connectivity index (χ0) is 14.1. The Bertz CT molecular complexity index is 608. The minimum atomic E-state index is 0.442. The third kappa shape index (κ3) is 2.51. The predicted molar refractivity (Wildman–Crippen MR) is 84.4 cm³/mol. The molecule has 1 aliphatic rings. The highest BCUT2D eigenvalue weighted by Crippen LogP contribution is 2.26. The molecular formula is C14H18BrN5. The van der Waals surface area contributed by atoms with E-state index in [0.29, 0.717) is 18.0 Å². The van der Waals surface area contributed by atoms with Crippen LogP contribution in [0.1, 0.15) is 13.8 Å². The average molecular weight is 336 g/mol. The topological polar surface area (TPSA) is 61.9 Å². The third-order valence-electron chi connectivity index (χ3n) is 3.94. The van der Waals surface area contributed by atoms with E-state index < -0.39 is 0 Å². The summed E-state index contributed by atoms with van der Waals surface area (Å²) in [6.45, 7) is 5.26. The molecule has 2 aromatic rings. The molecule has 0 saturated carbocycles. The van der Waals surface area contributed by atoms with E-state index in [2.05, 4.69) is 55.9 Å². The van der Waals surface area contributed by atoms with Crippen LogP contribution in [0.3, 0.4) is 0 Å². The lowest BCUT2D eigenvalue weighted by Gasteiger charge is -2.19. The van der Waals surface area contributed by atoms with Gasteiger partial charge in [-0.05, 0) is 41.9 Å². The smallest absolute Gasteiger partial charge is 0.137 e. The van der Waals surface area contributed by atoms with E-state index >= 15 is 0 Å². The number of benzene rings is 1. The highest BCUT2D eigenvalue weighted by Gasteiger charge is 2.29. The summed E-state index contributed by atoms with van der Waals surface area (Å²) in [4.78, 5) is 8.70. The van der Waals surface area contributed by atoms with Crippen LogP contribution in [0.25, 0.3) is 10.9 Å². The number of rotatable bonds is 3. The second-order valence-electron chi connectivity index (χ2n) is 5.27. The SMILES string of the molecule is CC1NNC(C)C1CNc1ncnc2c(Br)cccc12. The molecule has 1 aromatic heterocycles. The van der Waals surface area contributed by atoms with Gasteiger partial charge in [-0.25, -0.2) is 9.97 Å². The van der Waals surface area contributed by atoms with Gasteiger partial charge in [0.1, 0.15) is 12.1 Å². The molecule has 0 radical (unpaired) electrons. The fraction of sp³-hybridized carbons (Fsp3) is 0.429. The van der Waals surface area contributed by atoms with Crippen molar-refractivity contribution in [1.29, 1.82) is 0 Å². The molecule has 1 aromatic carbocycles. The van der Waals surface area contributed by atoms with Gasteiger partial charge in [0.2, 0.25) is 0 Å². The van der Waals surface area contributed by atoms with Gasteiger partial charge in [0, 0.05) is 34.4 Å². The fourth-order valence-corrected chi connectivity index (χ4v) is 3.14. The Morgan fingerprint density at radius 2 is 1.95 bits per heavy atom. The van der Waals surface area contributed by atoms with E-state index in [0.717, 1.165) is 27.7 Å². The van der Waals surface area contributed by atoms with Crippen LogP contribution < -0.4 is 16.2 Å². The van der Waals surface area contributed by atoms with Crippen molar-refractivity contribution in [3.8, 4) is 0 Å². The van der Waals surface area contributed by atoms with Crippen LogP contribution in [0.15, 0.2) is 29.0 Å². The highest BCUT2D eigenvalue weighted by atomic mass is 79.9. The molecule has 2 heterocycles. The van der Waals surface area contributed by atoms with Crippen LogP contribution in [0.5, 0.6) is 0 Å². The summed E-state index contributed by atoms with van der Waals surface area (Å²) in [5.74, 6) is 1.41. The van der Waals surface area contributed by atoms with Gasteiger partial charge in [0.05, 0.1) is 5.52 Å². The predicted octanol–water partition coefficient (Wildman–Crippen LogP) is 2.31. The van der Waals surface area contributed by atoms with Gasteiger partial charge in [0.15, 0.2) is 0 Å². The molecule has 0 aliphatic carbocycles. The Hall–Kier alpha value is -1.24. The van der Waals surface area contributed by atoms with E-state index in [1.165, 1.54) is 0 Å². The Balaban J connectivity index is 1.83. The van der Waals surface area contributed by atoms with Crippen LogP contribution in [0.4, 0.5) is 5.82 Å². The molecule has 106 valence electrons. The second kappa shape index (κ2) is 5.63. The molecule has 6 heteroatoms. The van der Waals surface area contributed by atoms with Crippen LogP contribution in [-0.4, -0.2) is 28.6 Å². The molecule has 3 N–H and O–H groups in total. The number of aromatic nitrogens is 2. The molecule has 0 amide bonds. The Morgan fingerprint density at radius 1 is 1.20 bits per heavy atom. The monoisotopic (exact) mass is 335 g/mol. The van der Waals surface area contributed by atoms with Crippen LogP contribution in [-0.2, 0) is 0 Å². The van der Waals surface area contributed by atoms with Gasteiger partial charge in [-0.3, -0.25) is 10.9 Å². The number of hydrazine groups is 1. The van der Waals surface area contributed by atoms with Crippen molar-refractivity contribution in [2.45, 2.75) is 25.9 Å². The van der Waals surface area contributed by atoms with Crippen molar-refractivity contribution < 1.29 is 0 Å². The molecule has 2 unspecified atom stereocenters. The van der Waals surface area contributed by atoms with E-state index in [-0.39, 0.29) is 0 Å². The Labute approximate surface area is 126 Å². The van der Waals surface area contributed by atoms with Gasteiger partial charge in [-0.2, -0.15) is 0 Å². The minimum absolute atomic E-state index is 0.442. The maximum atomic E-state index is 4.38. The molecule has 5 nitrogen and oxygen atoms in total. The Kier molecular flexibility index (Phi) is 3.87. The van der Waals surface area contributed by atoms with Crippen LogP contribution in [0.2, 0.25) is 0 Å². The van der Waals surface area contributed by atoms with Crippen molar-refractivity contribution in [3.05, 3.63) is 29.0 Å². The number of anilines is 1. The summed E-state index contributed by atoms with van der Waals surface area (Å²) < 4.78 is 0.992. The fourth-order valence-electron chi connectivity index (χ4n) is 2.67. The molecule has 20 heavy (non-hydrogen) atoms. The van der Waals surface area contributed by atoms with Gasteiger partial charge in [-0.15, -0.1) is 0 Å². The van der Waals surface area contributed by atoms with Crippen LogP contribution in [0, 0.1) is 5.92 Å². The molecule has 0 spiro atoms. The third-order valence-corrected chi connectivity index (χ3v) is 4.58. The van der Waals surface area contributed by atoms with E-state index in [1.807, 2.05) is 18.2 Å². The molecule has 1 saturated heterocycles.